The molecule has 1 N–H and O–H groups in total. The third-order valence-corrected chi connectivity index (χ3v) is 14.2. The van der Waals surface area contributed by atoms with Gasteiger partial charge >= 0.3 is 307 Å². The summed E-state index contributed by atoms with van der Waals surface area (Å²) in [6.45, 7) is 1.79. The molecule has 0 fully saturated rings. The Hall–Kier alpha value is -5.46. The van der Waals surface area contributed by atoms with E-state index in [9.17, 15) is 4.79 Å². The summed E-state index contributed by atoms with van der Waals surface area (Å²) in [4.78, 5) is 13.3. The van der Waals surface area contributed by atoms with Gasteiger partial charge in [0.15, 0.2) is 0 Å². The Morgan fingerprint density at radius 3 is 1.21 bits per heavy atom. The van der Waals surface area contributed by atoms with Gasteiger partial charge in [0, 0.05) is 0 Å². The van der Waals surface area contributed by atoms with Crippen LogP contribution in [0.4, 0.5) is 5.69 Å². The van der Waals surface area contributed by atoms with Crippen molar-refractivity contribution in [2.24, 2.45) is 0 Å². The standard InChI is InChI=1S/C41H50NO10P/c1-11-14-27-16-18-28(19-17-27)42-38(43)15-12-13-20-53(39-32(47-5)21-29(44-2)22-33(39)48-6,40-34(49-7)23-30(45-3)24-35(40)50-8)41-36(51-9)25-31(46-4)26-37(41)52-10/h16-19,21-26,53H,12-13,15,20H2,1-10H3,(H,42,43). The van der Waals surface area contributed by atoms with E-state index in [0.717, 1.165) is 21.5 Å². The van der Waals surface area contributed by atoms with E-state index < -0.39 is 7.26 Å². The van der Waals surface area contributed by atoms with Crippen LogP contribution in [0.25, 0.3) is 0 Å². The normalized spacial score (nSPS) is 11.0. The molecule has 0 saturated heterocycles. The Labute approximate surface area is 313 Å². The molecule has 0 unspecified atom stereocenters. The summed E-state index contributed by atoms with van der Waals surface area (Å²) in [5.41, 5.74) is 1.58. The van der Waals surface area contributed by atoms with E-state index >= 15 is 0 Å². The van der Waals surface area contributed by atoms with Crippen LogP contribution in [0.5, 0.6) is 51.7 Å². The molecule has 4 aromatic rings. The first-order valence-electron chi connectivity index (χ1n) is 17.0. The zero-order chi connectivity index (χ0) is 38.5. The molecule has 1 amide bonds. The van der Waals surface area contributed by atoms with Crippen molar-refractivity contribution in [3.63, 3.8) is 0 Å². The number of amides is 1. The van der Waals surface area contributed by atoms with Crippen molar-refractivity contribution in [2.45, 2.75) is 26.2 Å². The third kappa shape index (κ3) is 8.61. The molecular formula is C41H50NO10P. The van der Waals surface area contributed by atoms with Crippen LogP contribution in [0.15, 0.2) is 60.7 Å². The number of methoxy groups -OCH3 is 9. The Balaban J connectivity index is 2.03. The second kappa shape index (κ2) is 18.9. The zero-order valence-electron chi connectivity index (χ0n) is 32.2. The minimum absolute atomic E-state index is 0.106. The molecule has 0 saturated carbocycles. The van der Waals surface area contributed by atoms with Crippen LogP contribution in [0.1, 0.15) is 31.7 Å². The van der Waals surface area contributed by atoms with Gasteiger partial charge in [-0.05, 0) is 6.92 Å². The van der Waals surface area contributed by atoms with Gasteiger partial charge in [-0.1, -0.05) is 0 Å². The monoisotopic (exact) mass is 747 g/mol. The molecule has 0 aliphatic rings. The topological polar surface area (TPSA) is 112 Å². The predicted molar refractivity (Wildman–Crippen MR) is 212 cm³/mol. The van der Waals surface area contributed by atoms with E-state index in [-0.39, 0.29) is 12.3 Å². The van der Waals surface area contributed by atoms with Crippen molar-refractivity contribution in [3.05, 3.63) is 66.2 Å². The molecule has 0 aliphatic carbocycles. The Morgan fingerprint density at radius 2 is 0.906 bits per heavy atom. The number of anilines is 1. The molecule has 12 heteroatoms. The molecule has 4 aromatic carbocycles. The van der Waals surface area contributed by atoms with E-state index in [1.807, 2.05) is 60.7 Å². The van der Waals surface area contributed by atoms with Crippen molar-refractivity contribution < 1.29 is 47.4 Å². The maximum atomic E-state index is 13.3. The average molecular weight is 748 g/mol. The number of carbonyl (C=O) groups is 1. The Morgan fingerprint density at radius 1 is 0.547 bits per heavy atom. The molecule has 284 valence electrons. The third-order valence-electron chi connectivity index (χ3n) is 9.07. The zero-order valence-corrected chi connectivity index (χ0v) is 33.2. The summed E-state index contributed by atoms with van der Waals surface area (Å²) < 4.78 is 54.2. The predicted octanol–water partition coefficient (Wildman–Crippen LogP) is 5.97. The molecular weight excluding hydrogens is 697 g/mol. The van der Waals surface area contributed by atoms with Crippen molar-refractivity contribution in [1.82, 2.24) is 0 Å². The fourth-order valence-corrected chi connectivity index (χ4v) is 12.6. The number of hydrogen-bond acceptors (Lipinski definition) is 10. The number of carbonyl (C=O) groups excluding carboxylic acids is 1. The van der Waals surface area contributed by atoms with Crippen LogP contribution in [-0.2, 0) is 4.79 Å². The molecule has 0 bridgehead atoms. The Kier molecular flexibility index (Phi) is 14.3. The molecule has 0 aliphatic heterocycles. The summed E-state index contributed by atoms with van der Waals surface area (Å²) in [7, 11) is 10.7. The van der Waals surface area contributed by atoms with Crippen LogP contribution in [0.2, 0.25) is 0 Å². The fourth-order valence-electron chi connectivity index (χ4n) is 6.71. The summed E-state index contributed by atoms with van der Waals surface area (Å²) in [6, 6.07) is 18.4. The second-order valence-corrected chi connectivity index (χ2v) is 15.6. The molecule has 0 spiro atoms. The van der Waals surface area contributed by atoms with Gasteiger partial charge in [-0.2, -0.15) is 0 Å². The minimum atomic E-state index is -3.65. The number of benzene rings is 4. The van der Waals surface area contributed by atoms with E-state index in [4.69, 9.17) is 42.6 Å². The molecule has 0 atom stereocenters. The van der Waals surface area contributed by atoms with Gasteiger partial charge < -0.3 is 0 Å². The SMILES string of the molecule is CC#Cc1ccc(NC(=O)CCCC[PH](c2c(OC)cc(OC)cc2OC)(c2c(OC)cc(OC)cc2OC)c2c(OC)cc(OC)cc2OC)cc1. The second-order valence-electron chi connectivity index (χ2n) is 11.8. The number of unbranched alkanes of at least 4 members (excludes halogenated alkanes) is 1. The van der Waals surface area contributed by atoms with Crippen LogP contribution in [-0.4, -0.2) is 76.1 Å². The number of hydrogen-bond donors (Lipinski definition) is 1. The summed E-state index contributed by atoms with van der Waals surface area (Å²) in [5, 5.41) is 5.28. The fraction of sp³-hybridized carbons (Fsp3) is 0.341. The number of rotatable bonds is 18. The molecule has 0 aromatic heterocycles. The molecule has 11 nitrogen and oxygen atoms in total. The van der Waals surface area contributed by atoms with E-state index in [2.05, 4.69) is 17.2 Å². The van der Waals surface area contributed by atoms with Gasteiger partial charge in [0.2, 0.25) is 0 Å². The van der Waals surface area contributed by atoms with Gasteiger partial charge in [-0.15, -0.1) is 0 Å². The van der Waals surface area contributed by atoms with Gasteiger partial charge in [-0.25, -0.2) is 0 Å². The maximum absolute atomic E-state index is 13.3. The van der Waals surface area contributed by atoms with Crippen LogP contribution < -0.4 is 63.9 Å². The summed E-state index contributed by atoms with van der Waals surface area (Å²) in [5.74, 6) is 10.5. The average Bonchev–Trinajstić information content (AvgIpc) is 3.20. The van der Waals surface area contributed by atoms with Gasteiger partial charge in [-0.3, -0.25) is 0 Å². The van der Waals surface area contributed by atoms with Crippen LogP contribution in [0.3, 0.4) is 0 Å². The number of nitrogens with one attached hydrogen (secondary N) is 1. The van der Waals surface area contributed by atoms with Gasteiger partial charge in [0.25, 0.3) is 0 Å². The first-order valence-corrected chi connectivity index (χ1v) is 19.2. The van der Waals surface area contributed by atoms with E-state index in [1.54, 1.807) is 70.9 Å². The first kappa shape index (κ1) is 40.3. The van der Waals surface area contributed by atoms with Crippen molar-refractivity contribution in [2.75, 3.05) is 75.5 Å². The van der Waals surface area contributed by atoms with Crippen molar-refractivity contribution in [3.8, 4) is 63.6 Å². The first-order chi connectivity index (χ1) is 25.7. The van der Waals surface area contributed by atoms with Crippen molar-refractivity contribution >= 4 is 34.8 Å². The quantitative estimate of drug-likeness (QED) is 0.0743. The summed E-state index contributed by atoms with van der Waals surface area (Å²) in [6.07, 6.45) is 1.90. The number of ether oxygens (including phenoxy) is 9. The molecule has 53 heavy (non-hydrogen) atoms. The van der Waals surface area contributed by atoms with Crippen molar-refractivity contribution in [1.29, 1.82) is 0 Å². The molecule has 0 heterocycles. The van der Waals surface area contributed by atoms with Crippen LogP contribution in [0, 0.1) is 11.8 Å². The van der Waals surface area contributed by atoms with E-state index in [0.29, 0.717) is 76.4 Å². The van der Waals surface area contributed by atoms with Gasteiger partial charge in [0.05, 0.1) is 0 Å². The summed E-state index contributed by atoms with van der Waals surface area (Å²) >= 11 is 0. The molecule has 0 radical (unpaired) electrons. The van der Waals surface area contributed by atoms with Gasteiger partial charge in [0.1, 0.15) is 0 Å². The van der Waals surface area contributed by atoms with Crippen LogP contribution >= 0.6 is 7.26 Å². The Bertz CT molecular complexity index is 1700. The molecule has 4 rings (SSSR count). The van der Waals surface area contributed by atoms with E-state index in [1.165, 1.54) is 0 Å².